The molecule has 0 fully saturated rings. The highest BCUT2D eigenvalue weighted by atomic mass is 16.4. The lowest BCUT2D eigenvalue weighted by molar-refractivity contribution is -0.138. The molecule has 2 N–H and O–H groups in total. The highest BCUT2D eigenvalue weighted by molar-refractivity contribution is 5.91. The number of nitrogens with one attached hydrogen (secondary N) is 1. The monoisotopic (exact) mass is 223 g/mol. The first kappa shape index (κ1) is 12.1. The fourth-order valence-corrected chi connectivity index (χ4v) is 1.14. The van der Waals surface area contributed by atoms with E-state index in [4.69, 9.17) is 5.11 Å². The number of hydrogen-bond acceptors (Lipinski definition) is 4. The minimum atomic E-state index is -0.998. The Labute approximate surface area is 92.7 Å². The molecule has 0 bridgehead atoms. The zero-order chi connectivity index (χ0) is 12.1. The smallest absolute Gasteiger partial charge is 0.303 e. The molecule has 0 aliphatic rings. The summed E-state index contributed by atoms with van der Waals surface area (Å²) in [7, 11) is 0. The summed E-state index contributed by atoms with van der Waals surface area (Å²) in [6.45, 7) is 3.53. The number of aromatic nitrogens is 2. The van der Waals surface area contributed by atoms with Crippen LogP contribution in [-0.2, 0) is 9.59 Å². The van der Waals surface area contributed by atoms with Crippen LogP contribution in [-0.4, -0.2) is 27.0 Å². The van der Waals surface area contributed by atoms with Gasteiger partial charge in [0.25, 0.3) is 0 Å². The van der Waals surface area contributed by atoms with Crippen molar-refractivity contribution in [2.45, 2.75) is 26.7 Å². The molecule has 16 heavy (non-hydrogen) atoms. The Morgan fingerprint density at radius 3 is 2.62 bits per heavy atom. The highest BCUT2D eigenvalue weighted by Crippen LogP contribution is 2.08. The Balaban J connectivity index is 2.59. The molecule has 1 aromatic rings. The summed E-state index contributed by atoms with van der Waals surface area (Å²) in [5.74, 6) is -0.994. The third kappa shape index (κ3) is 3.64. The molecule has 1 amide bonds. The Bertz CT molecular complexity index is 418. The molecule has 0 atom stereocenters. The van der Waals surface area contributed by atoms with E-state index in [2.05, 4.69) is 15.3 Å². The molecule has 0 radical (unpaired) electrons. The lowest BCUT2D eigenvalue weighted by Gasteiger charge is -2.06. The zero-order valence-electron chi connectivity index (χ0n) is 9.15. The molecule has 0 aliphatic heterocycles. The van der Waals surface area contributed by atoms with Gasteiger partial charge in [-0.1, -0.05) is 0 Å². The van der Waals surface area contributed by atoms with Crippen LogP contribution >= 0.6 is 0 Å². The fraction of sp³-hybridized carbons (Fsp3) is 0.400. The maximum absolute atomic E-state index is 11.3. The van der Waals surface area contributed by atoms with Gasteiger partial charge < -0.3 is 10.4 Å². The van der Waals surface area contributed by atoms with Gasteiger partial charge in [-0.3, -0.25) is 14.6 Å². The number of carbonyl (C=O) groups excluding carboxylic acids is 1. The van der Waals surface area contributed by atoms with Crippen molar-refractivity contribution in [3.05, 3.63) is 17.6 Å². The number of amides is 1. The Morgan fingerprint density at radius 1 is 1.38 bits per heavy atom. The number of rotatable bonds is 4. The van der Waals surface area contributed by atoms with Crippen molar-refractivity contribution < 1.29 is 14.7 Å². The van der Waals surface area contributed by atoms with Crippen LogP contribution in [0.15, 0.2) is 6.20 Å². The molecule has 0 aliphatic carbocycles. The van der Waals surface area contributed by atoms with Gasteiger partial charge in [0, 0.05) is 6.42 Å². The lowest BCUT2D eigenvalue weighted by Crippen LogP contribution is -2.15. The van der Waals surface area contributed by atoms with Crippen LogP contribution in [0.3, 0.4) is 0 Å². The molecule has 1 rings (SSSR count). The summed E-state index contributed by atoms with van der Waals surface area (Å²) in [6.07, 6.45) is 1.29. The van der Waals surface area contributed by atoms with Crippen LogP contribution in [0, 0.1) is 13.8 Å². The van der Waals surface area contributed by atoms with E-state index in [-0.39, 0.29) is 18.7 Å². The summed E-state index contributed by atoms with van der Waals surface area (Å²) < 4.78 is 0. The Kier molecular flexibility index (Phi) is 3.93. The van der Waals surface area contributed by atoms with E-state index in [9.17, 15) is 9.59 Å². The van der Waals surface area contributed by atoms with E-state index in [1.165, 1.54) is 0 Å². The summed E-state index contributed by atoms with van der Waals surface area (Å²) in [5.41, 5.74) is 1.38. The number of anilines is 1. The molecule has 6 nitrogen and oxygen atoms in total. The summed E-state index contributed by atoms with van der Waals surface area (Å²) in [5, 5.41) is 10.9. The van der Waals surface area contributed by atoms with Crippen LogP contribution < -0.4 is 5.32 Å². The van der Waals surface area contributed by atoms with E-state index in [0.29, 0.717) is 11.5 Å². The Morgan fingerprint density at radius 2 is 2.06 bits per heavy atom. The normalized spacial score (nSPS) is 9.88. The highest BCUT2D eigenvalue weighted by Gasteiger charge is 2.08. The van der Waals surface area contributed by atoms with Gasteiger partial charge in [-0.25, -0.2) is 4.98 Å². The standard InChI is InChI=1S/C10H13N3O3/c1-6-5-11-10(7(2)12-6)13-8(14)3-4-9(15)16/h5H,3-4H2,1-2H3,(H,15,16)(H,11,13,14). The van der Waals surface area contributed by atoms with Crippen molar-refractivity contribution in [3.8, 4) is 0 Å². The van der Waals surface area contributed by atoms with Gasteiger partial charge in [0.2, 0.25) is 5.91 Å². The van der Waals surface area contributed by atoms with E-state index in [1.807, 2.05) is 0 Å². The number of hydrogen-bond donors (Lipinski definition) is 2. The summed E-state index contributed by atoms with van der Waals surface area (Å²) in [4.78, 5) is 29.7. The predicted octanol–water partition coefficient (Wildman–Crippen LogP) is 0.897. The largest absolute Gasteiger partial charge is 0.481 e. The predicted molar refractivity (Wildman–Crippen MR) is 57.0 cm³/mol. The van der Waals surface area contributed by atoms with Crippen molar-refractivity contribution in [2.24, 2.45) is 0 Å². The molecular formula is C10H13N3O3. The van der Waals surface area contributed by atoms with Gasteiger partial charge in [0.05, 0.1) is 24.0 Å². The minimum absolute atomic E-state index is 0.0651. The average Bonchev–Trinajstić information content (AvgIpc) is 2.19. The number of carboxylic acids is 1. The van der Waals surface area contributed by atoms with E-state index in [1.54, 1.807) is 20.0 Å². The number of carbonyl (C=O) groups is 2. The summed E-state index contributed by atoms with van der Waals surface area (Å²) in [6, 6.07) is 0. The third-order valence-corrected chi connectivity index (χ3v) is 1.89. The van der Waals surface area contributed by atoms with Crippen molar-refractivity contribution in [1.29, 1.82) is 0 Å². The first-order valence-corrected chi connectivity index (χ1v) is 4.81. The number of aliphatic carboxylic acids is 1. The zero-order valence-corrected chi connectivity index (χ0v) is 9.15. The van der Waals surface area contributed by atoms with Crippen molar-refractivity contribution in [1.82, 2.24) is 9.97 Å². The molecule has 0 saturated heterocycles. The second kappa shape index (κ2) is 5.20. The SMILES string of the molecule is Cc1cnc(NC(=O)CCC(=O)O)c(C)n1. The second-order valence-corrected chi connectivity index (χ2v) is 3.39. The van der Waals surface area contributed by atoms with Gasteiger partial charge in [-0.2, -0.15) is 0 Å². The van der Waals surface area contributed by atoms with Crippen molar-refractivity contribution >= 4 is 17.7 Å². The average molecular weight is 223 g/mol. The molecule has 1 aromatic heterocycles. The maximum Gasteiger partial charge on any atom is 0.303 e. The van der Waals surface area contributed by atoms with E-state index < -0.39 is 5.97 Å². The summed E-state index contributed by atoms with van der Waals surface area (Å²) >= 11 is 0. The molecule has 86 valence electrons. The van der Waals surface area contributed by atoms with Crippen molar-refractivity contribution in [2.75, 3.05) is 5.32 Å². The topological polar surface area (TPSA) is 92.2 Å². The number of aryl methyl sites for hydroxylation is 2. The molecular weight excluding hydrogens is 210 g/mol. The van der Waals surface area contributed by atoms with E-state index >= 15 is 0 Å². The Hall–Kier alpha value is -1.98. The third-order valence-electron chi connectivity index (χ3n) is 1.89. The number of carboxylic acid groups (broad SMARTS) is 1. The van der Waals surface area contributed by atoms with Crippen LogP contribution in [0.4, 0.5) is 5.82 Å². The molecule has 1 heterocycles. The maximum atomic E-state index is 11.3. The molecule has 0 unspecified atom stereocenters. The molecule has 0 aromatic carbocycles. The van der Waals surface area contributed by atoms with Crippen molar-refractivity contribution in [3.63, 3.8) is 0 Å². The second-order valence-electron chi connectivity index (χ2n) is 3.39. The first-order valence-electron chi connectivity index (χ1n) is 4.81. The minimum Gasteiger partial charge on any atom is -0.481 e. The quantitative estimate of drug-likeness (QED) is 0.791. The molecule has 6 heteroatoms. The first-order chi connectivity index (χ1) is 7.49. The van der Waals surface area contributed by atoms with Gasteiger partial charge in [-0.15, -0.1) is 0 Å². The fourth-order valence-electron chi connectivity index (χ4n) is 1.14. The lowest BCUT2D eigenvalue weighted by atomic mass is 10.3. The van der Waals surface area contributed by atoms with Crippen LogP contribution in [0.1, 0.15) is 24.2 Å². The molecule has 0 spiro atoms. The molecule has 0 saturated carbocycles. The van der Waals surface area contributed by atoms with Gasteiger partial charge in [0.15, 0.2) is 5.82 Å². The van der Waals surface area contributed by atoms with Gasteiger partial charge >= 0.3 is 5.97 Å². The van der Waals surface area contributed by atoms with Gasteiger partial charge in [-0.05, 0) is 13.8 Å². The van der Waals surface area contributed by atoms with Crippen LogP contribution in [0.5, 0.6) is 0 Å². The van der Waals surface area contributed by atoms with Crippen LogP contribution in [0.2, 0.25) is 0 Å². The van der Waals surface area contributed by atoms with E-state index in [0.717, 1.165) is 5.69 Å². The van der Waals surface area contributed by atoms with Crippen LogP contribution in [0.25, 0.3) is 0 Å². The van der Waals surface area contributed by atoms with Gasteiger partial charge in [0.1, 0.15) is 0 Å². The number of nitrogens with zero attached hydrogens (tertiary/aromatic N) is 2.